The van der Waals surface area contributed by atoms with Gasteiger partial charge in [-0.25, -0.2) is 0 Å². The number of nitrogens with one attached hydrogen (secondary N) is 1. The summed E-state index contributed by atoms with van der Waals surface area (Å²) in [6.07, 6.45) is 8.29. The summed E-state index contributed by atoms with van der Waals surface area (Å²) in [6, 6.07) is 5.05. The highest BCUT2D eigenvalue weighted by molar-refractivity contribution is 7.99. The summed E-state index contributed by atoms with van der Waals surface area (Å²) in [6.45, 7) is 3.29. The molecule has 1 N–H and O–H groups in total. The zero-order chi connectivity index (χ0) is 13.1. The van der Waals surface area contributed by atoms with Gasteiger partial charge in [0.05, 0.1) is 12.3 Å². The first-order valence-corrected chi connectivity index (χ1v) is 8.77. The molecule has 2 nitrogen and oxygen atoms in total. The average Bonchev–Trinajstić information content (AvgIpc) is 3.13. The molecule has 0 radical (unpaired) electrons. The molecule has 1 aromatic rings. The second-order valence-corrected chi connectivity index (χ2v) is 7.52. The van der Waals surface area contributed by atoms with Crippen LogP contribution in [0, 0.1) is 5.92 Å². The Labute approximate surface area is 120 Å². The SMILES string of the molecule is CC1CCCC(SCc2ccc(CNC3CC3)o2)C1. The molecule has 0 amide bonds. The van der Waals surface area contributed by atoms with Crippen LogP contribution in [0.5, 0.6) is 0 Å². The van der Waals surface area contributed by atoms with Crippen LogP contribution in [0.15, 0.2) is 16.5 Å². The van der Waals surface area contributed by atoms with Crippen molar-refractivity contribution in [1.82, 2.24) is 5.32 Å². The summed E-state index contributed by atoms with van der Waals surface area (Å²) in [7, 11) is 0. The van der Waals surface area contributed by atoms with E-state index in [0.29, 0.717) is 0 Å². The van der Waals surface area contributed by atoms with Crippen LogP contribution in [0.4, 0.5) is 0 Å². The molecule has 2 unspecified atom stereocenters. The normalized spacial score (nSPS) is 27.6. The molecular formula is C16H25NOS. The fraction of sp³-hybridized carbons (Fsp3) is 0.750. The van der Waals surface area contributed by atoms with Crippen molar-refractivity contribution in [1.29, 1.82) is 0 Å². The fourth-order valence-corrected chi connectivity index (χ4v) is 4.21. The van der Waals surface area contributed by atoms with Crippen LogP contribution in [-0.4, -0.2) is 11.3 Å². The summed E-state index contributed by atoms with van der Waals surface area (Å²) in [5.41, 5.74) is 0. The molecule has 2 saturated carbocycles. The zero-order valence-electron chi connectivity index (χ0n) is 11.9. The maximum Gasteiger partial charge on any atom is 0.118 e. The predicted octanol–water partition coefficient (Wildman–Crippen LogP) is 4.34. The highest BCUT2D eigenvalue weighted by atomic mass is 32.2. The third-order valence-electron chi connectivity index (χ3n) is 4.21. The van der Waals surface area contributed by atoms with Gasteiger partial charge in [0.1, 0.15) is 11.5 Å². The first-order valence-electron chi connectivity index (χ1n) is 7.72. The van der Waals surface area contributed by atoms with Crippen LogP contribution in [0.1, 0.15) is 57.0 Å². The lowest BCUT2D eigenvalue weighted by atomic mass is 9.91. The summed E-state index contributed by atoms with van der Waals surface area (Å²) in [5, 5.41) is 4.35. The Bertz CT molecular complexity index is 399. The minimum atomic E-state index is 0.756. The molecule has 2 aliphatic rings. The van der Waals surface area contributed by atoms with E-state index in [1.54, 1.807) is 0 Å². The first-order chi connectivity index (χ1) is 9.29. The number of hydrogen-bond donors (Lipinski definition) is 1. The van der Waals surface area contributed by atoms with Crippen molar-refractivity contribution in [3.8, 4) is 0 Å². The van der Waals surface area contributed by atoms with Gasteiger partial charge in [0.2, 0.25) is 0 Å². The van der Waals surface area contributed by atoms with Gasteiger partial charge in [-0.1, -0.05) is 19.8 Å². The van der Waals surface area contributed by atoms with Gasteiger partial charge >= 0.3 is 0 Å². The molecule has 3 heteroatoms. The standard InChI is InChI=1S/C16H25NOS/c1-12-3-2-4-16(9-12)19-11-15-8-7-14(18-15)10-17-13-5-6-13/h7-8,12-13,16-17H,2-6,9-11H2,1H3. The van der Waals surface area contributed by atoms with E-state index in [9.17, 15) is 0 Å². The topological polar surface area (TPSA) is 25.2 Å². The van der Waals surface area contributed by atoms with E-state index in [1.807, 2.05) is 0 Å². The Morgan fingerprint density at radius 3 is 2.84 bits per heavy atom. The van der Waals surface area contributed by atoms with Crippen LogP contribution in [-0.2, 0) is 12.3 Å². The largest absolute Gasteiger partial charge is 0.464 e. The minimum Gasteiger partial charge on any atom is -0.464 e. The molecule has 1 aromatic heterocycles. The highest BCUT2D eigenvalue weighted by Gasteiger charge is 2.21. The predicted molar refractivity (Wildman–Crippen MR) is 81.3 cm³/mol. The zero-order valence-corrected chi connectivity index (χ0v) is 12.7. The molecule has 2 fully saturated rings. The van der Waals surface area contributed by atoms with Crippen LogP contribution in [0.3, 0.4) is 0 Å². The molecule has 0 spiro atoms. The molecule has 2 aliphatic carbocycles. The molecule has 2 atom stereocenters. The van der Waals surface area contributed by atoms with Crippen molar-refractivity contribution in [2.24, 2.45) is 5.92 Å². The third kappa shape index (κ3) is 4.28. The van der Waals surface area contributed by atoms with Crippen molar-refractivity contribution < 1.29 is 4.42 Å². The second-order valence-electron chi connectivity index (χ2n) is 6.23. The number of hydrogen-bond acceptors (Lipinski definition) is 3. The minimum absolute atomic E-state index is 0.756. The van der Waals surface area contributed by atoms with Crippen molar-refractivity contribution in [3.05, 3.63) is 23.7 Å². The molecule has 0 aliphatic heterocycles. The lowest BCUT2D eigenvalue weighted by Crippen LogP contribution is -2.15. The smallest absolute Gasteiger partial charge is 0.118 e. The summed E-state index contributed by atoms with van der Waals surface area (Å²) < 4.78 is 5.90. The quantitative estimate of drug-likeness (QED) is 0.838. The van der Waals surface area contributed by atoms with Crippen molar-refractivity contribution in [2.45, 2.75) is 69.0 Å². The van der Waals surface area contributed by atoms with Gasteiger partial charge in [0.25, 0.3) is 0 Å². The Kier molecular flexibility index (Phi) is 4.54. The van der Waals surface area contributed by atoms with E-state index < -0.39 is 0 Å². The third-order valence-corrected chi connectivity index (χ3v) is 5.56. The molecule has 1 heterocycles. The van der Waals surface area contributed by atoms with Gasteiger partial charge in [-0.15, -0.1) is 0 Å². The first kappa shape index (κ1) is 13.6. The lowest BCUT2D eigenvalue weighted by molar-refractivity contribution is 0.393. The molecule has 0 saturated heterocycles. The maximum atomic E-state index is 5.90. The summed E-state index contributed by atoms with van der Waals surface area (Å²) in [5.74, 6) is 4.21. The summed E-state index contributed by atoms with van der Waals surface area (Å²) >= 11 is 2.09. The van der Waals surface area contributed by atoms with Crippen molar-refractivity contribution >= 4 is 11.8 Å². The average molecular weight is 279 g/mol. The van der Waals surface area contributed by atoms with Gasteiger partial charge in [0, 0.05) is 11.3 Å². The molecule has 106 valence electrons. The van der Waals surface area contributed by atoms with Crippen LogP contribution < -0.4 is 5.32 Å². The number of thioether (sulfide) groups is 1. The van der Waals surface area contributed by atoms with Crippen molar-refractivity contribution in [2.75, 3.05) is 0 Å². The second kappa shape index (κ2) is 6.36. The molecule has 0 aromatic carbocycles. The van der Waals surface area contributed by atoms with Gasteiger partial charge in [0.15, 0.2) is 0 Å². The van der Waals surface area contributed by atoms with Gasteiger partial charge in [-0.2, -0.15) is 11.8 Å². The molecular weight excluding hydrogens is 254 g/mol. The van der Waals surface area contributed by atoms with Crippen LogP contribution in [0.2, 0.25) is 0 Å². The Hall–Kier alpha value is -0.410. The van der Waals surface area contributed by atoms with E-state index in [1.165, 1.54) is 38.5 Å². The van der Waals surface area contributed by atoms with Gasteiger partial charge in [-0.05, 0) is 43.7 Å². The van der Waals surface area contributed by atoms with Gasteiger partial charge < -0.3 is 9.73 Å². The Morgan fingerprint density at radius 1 is 1.21 bits per heavy atom. The Morgan fingerprint density at radius 2 is 2.05 bits per heavy atom. The molecule has 19 heavy (non-hydrogen) atoms. The highest BCUT2D eigenvalue weighted by Crippen LogP contribution is 2.33. The Balaban J connectivity index is 1.41. The van der Waals surface area contributed by atoms with E-state index in [2.05, 4.69) is 36.1 Å². The number of rotatable bonds is 6. The molecule has 0 bridgehead atoms. The lowest BCUT2D eigenvalue weighted by Gasteiger charge is -2.25. The number of furan rings is 1. The fourth-order valence-electron chi connectivity index (χ4n) is 2.86. The van der Waals surface area contributed by atoms with E-state index in [0.717, 1.165) is 41.0 Å². The van der Waals surface area contributed by atoms with E-state index >= 15 is 0 Å². The molecule has 3 rings (SSSR count). The van der Waals surface area contributed by atoms with Crippen LogP contribution >= 0.6 is 11.8 Å². The maximum absolute atomic E-state index is 5.90. The van der Waals surface area contributed by atoms with E-state index in [4.69, 9.17) is 4.42 Å². The monoisotopic (exact) mass is 279 g/mol. The van der Waals surface area contributed by atoms with E-state index in [-0.39, 0.29) is 0 Å². The summed E-state index contributed by atoms with van der Waals surface area (Å²) in [4.78, 5) is 0. The van der Waals surface area contributed by atoms with Gasteiger partial charge in [-0.3, -0.25) is 0 Å². The van der Waals surface area contributed by atoms with Crippen LogP contribution in [0.25, 0.3) is 0 Å². The van der Waals surface area contributed by atoms with Crippen molar-refractivity contribution in [3.63, 3.8) is 0 Å².